The molecule has 166 valence electrons. The Labute approximate surface area is 189 Å². The van der Waals surface area contributed by atoms with E-state index < -0.39 is 11.6 Å². The van der Waals surface area contributed by atoms with Crippen LogP contribution in [0.4, 0.5) is 14.6 Å². The van der Waals surface area contributed by atoms with Gasteiger partial charge in [0.1, 0.15) is 23.2 Å². The van der Waals surface area contributed by atoms with Gasteiger partial charge in [0, 0.05) is 48.9 Å². The molecule has 1 aromatic carbocycles. The minimum Gasteiger partial charge on any atom is -0.365 e. The Morgan fingerprint density at radius 3 is 2.72 bits per heavy atom. The maximum Gasteiger partial charge on any atom is 0.145 e. The van der Waals surface area contributed by atoms with Gasteiger partial charge in [-0.15, -0.1) is 0 Å². The van der Waals surface area contributed by atoms with Crippen LogP contribution in [0.2, 0.25) is 5.02 Å². The van der Waals surface area contributed by atoms with Gasteiger partial charge in [-0.2, -0.15) is 0 Å². The van der Waals surface area contributed by atoms with E-state index in [1.807, 2.05) is 0 Å². The maximum absolute atomic E-state index is 13.4. The van der Waals surface area contributed by atoms with Crippen LogP contribution in [0.5, 0.6) is 0 Å². The fourth-order valence-corrected chi connectivity index (χ4v) is 3.91. The molecule has 1 saturated heterocycles. The van der Waals surface area contributed by atoms with E-state index in [9.17, 15) is 13.6 Å². The zero-order chi connectivity index (χ0) is 22.5. The number of pyridine rings is 1. The molecule has 1 aliphatic heterocycles. The first-order chi connectivity index (χ1) is 15.5. The van der Waals surface area contributed by atoms with Gasteiger partial charge in [-0.3, -0.25) is 14.8 Å². The molecule has 0 amide bonds. The van der Waals surface area contributed by atoms with E-state index in [4.69, 9.17) is 11.6 Å². The highest BCUT2D eigenvalue weighted by molar-refractivity contribution is 6.33. The molecule has 0 bridgehead atoms. The first-order valence-corrected chi connectivity index (χ1v) is 10.7. The van der Waals surface area contributed by atoms with Crippen molar-refractivity contribution < 1.29 is 13.6 Å². The summed E-state index contributed by atoms with van der Waals surface area (Å²) in [6, 6.07) is 5.07. The molecule has 1 fully saturated rings. The van der Waals surface area contributed by atoms with Crippen LogP contribution in [0.15, 0.2) is 42.9 Å². The number of halogens is 3. The smallest absolute Gasteiger partial charge is 0.145 e. The highest BCUT2D eigenvalue weighted by Gasteiger charge is 2.22. The molecule has 3 heterocycles. The summed E-state index contributed by atoms with van der Waals surface area (Å²) in [6.07, 6.45) is 6.69. The van der Waals surface area contributed by atoms with Gasteiger partial charge in [-0.25, -0.2) is 13.8 Å². The van der Waals surface area contributed by atoms with Gasteiger partial charge in [-0.1, -0.05) is 11.6 Å². The quantitative estimate of drug-likeness (QED) is 0.553. The zero-order valence-corrected chi connectivity index (χ0v) is 18.0. The number of hydrogen-bond donors (Lipinski definition) is 2. The average molecular weight is 458 g/mol. The summed E-state index contributed by atoms with van der Waals surface area (Å²) in [5.74, 6) is -0.704. The van der Waals surface area contributed by atoms with Crippen molar-refractivity contribution in [1.82, 2.24) is 20.3 Å². The number of piperidine rings is 1. The Bertz CT molecular complexity index is 1100. The van der Waals surface area contributed by atoms with Crippen LogP contribution in [0.3, 0.4) is 0 Å². The molecule has 32 heavy (non-hydrogen) atoms. The summed E-state index contributed by atoms with van der Waals surface area (Å²) in [5, 5.41) is 6.65. The van der Waals surface area contributed by atoms with E-state index in [0.29, 0.717) is 39.9 Å². The highest BCUT2D eigenvalue weighted by Crippen LogP contribution is 2.27. The molecule has 1 aliphatic rings. The molecule has 0 aliphatic carbocycles. The summed E-state index contributed by atoms with van der Waals surface area (Å²) < 4.78 is 26.8. The van der Waals surface area contributed by atoms with Gasteiger partial charge < -0.3 is 10.6 Å². The average Bonchev–Trinajstić information content (AvgIpc) is 2.79. The van der Waals surface area contributed by atoms with Crippen LogP contribution in [0, 0.1) is 17.6 Å². The molecular formula is C23H22ClF2N5O. The number of rotatable bonds is 7. The maximum atomic E-state index is 13.4. The van der Waals surface area contributed by atoms with E-state index in [0.717, 1.165) is 25.5 Å². The molecule has 6 nitrogen and oxygen atoms in total. The number of aromatic nitrogens is 3. The van der Waals surface area contributed by atoms with E-state index in [-0.39, 0.29) is 24.7 Å². The van der Waals surface area contributed by atoms with Gasteiger partial charge >= 0.3 is 0 Å². The van der Waals surface area contributed by atoms with Crippen molar-refractivity contribution in [2.45, 2.75) is 25.8 Å². The first-order valence-electron chi connectivity index (χ1n) is 10.4. The highest BCUT2D eigenvalue weighted by atomic mass is 35.5. The summed E-state index contributed by atoms with van der Waals surface area (Å²) in [7, 11) is 0. The second-order valence-corrected chi connectivity index (χ2v) is 8.17. The van der Waals surface area contributed by atoms with Crippen molar-refractivity contribution in [1.29, 1.82) is 0 Å². The molecule has 1 atom stereocenters. The summed E-state index contributed by atoms with van der Waals surface area (Å²) in [6.45, 7) is 1.82. The number of nitrogens with one attached hydrogen (secondary N) is 2. The van der Waals surface area contributed by atoms with E-state index in [1.54, 1.807) is 12.3 Å². The molecular weight excluding hydrogens is 436 g/mol. The lowest BCUT2D eigenvalue weighted by Gasteiger charge is -2.21. The Hall–Kier alpha value is -2.97. The molecule has 2 N–H and O–H groups in total. The topological polar surface area (TPSA) is 79.8 Å². The van der Waals surface area contributed by atoms with Gasteiger partial charge in [0.25, 0.3) is 0 Å². The van der Waals surface area contributed by atoms with Crippen LogP contribution in [-0.4, -0.2) is 33.8 Å². The number of anilines is 1. The van der Waals surface area contributed by atoms with Crippen molar-refractivity contribution in [3.8, 4) is 11.3 Å². The molecule has 3 aromatic rings. The largest absolute Gasteiger partial charge is 0.365 e. The van der Waals surface area contributed by atoms with E-state index in [2.05, 4.69) is 25.6 Å². The lowest BCUT2D eigenvalue weighted by molar-refractivity contribution is -0.122. The second-order valence-electron chi connectivity index (χ2n) is 7.76. The number of hydrogen-bond acceptors (Lipinski definition) is 6. The van der Waals surface area contributed by atoms with Crippen molar-refractivity contribution in [2.75, 3.05) is 18.4 Å². The zero-order valence-electron chi connectivity index (χ0n) is 17.2. The predicted molar refractivity (Wildman–Crippen MR) is 118 cm³/mol. The monoisotopic (exact) mass is 457 g/mol. The standard InChI is InChI=1S/C23H22ClF2N5O/c24-20-11-29-18(8-22(32)15-2-1-3-27-10-15)7-19(20)21-12-28-13-23(31-21)30-9-14-4-16(25)6-17(26)5-14/h4-7,11-13,15,27H,1-3,8-10H2,(H,30,31)/t15-/m1/s1. The number of ketones is 1. The Morgan fingerprint density at radius 1 is 1.16 bits per heavy atom. The fraction of sp³-hybridized carbons (Fsp3) is 0.304. The number of benzene rings is 1. The van der Waals surface area contributed by atoms with E-state index in [1.165, 1.54) is 24.5 Å². The normalized spacial score (nSPS) is 16.0. The molecule has 2 aromatic heterocycles. The molecule has 0 unspecified atom stereocenters. The Morgan fingerprint density at radius 2 is 1.97 bits per heavy atom. The van der Waals surface area contributed by atoms with Crippen molar-refractivity contribution in [3.63, 3.8) is 0 Å². The number of Topliss-reactive ketones (excluding diaryl/α,β-unsaturated/α-hetero) is 1. The third-order valence-corrected chi connectivity index (χ3v) is 5.63. The number of carbonyl (C=O) groups is 1. The lowest BCUT2D eigenvalue weighted by atomic mass is 9.92. The van der Waals surface area contributed by atoms with Crippen LogP contribution < -0.4 is 10.6 Å². The van der Waals surface area contributed by atoms with Gasteiger partial charge in [0.05, 0.1) is 23.1 Å². The van der Waals surface area contributed by atoms with Crippen LogP contribution in [0.25, 0.3) is 11.3 Å². The van der Waals surface area contributed by atoms with Crippen LogP contribution in [0.1, 0.15) is 24.1 Å². The molecule has 0 radical (unpaired) electrons. The predicted octanol–water partition coefficient (Wildman–Crippen LogP) is 4.19. The van der Waals surface area contributed by atoms with E-state index >= 15 is 0 Å². The third-order valence-electron chi connectivity index (χ3n) is 5.33. The van der Waals surface area contributed by atoms with Crippen LogP contribution in [-0.2, 0) is 17.8 Å². The lowest BCUT2D eigenvalue weighted by Crippen LogP contribution is -2.35. The van der Waals surface area contributed by atoms with Crippen LogP contribution >= 0.6 is 11.6 Å². The molecule has 4 rings (SSSR count). The van der Waals surface area contributed by atoms with Gasteiger partial charge in [0.2, 0.25) is 0 Å². The molecule has 9 heteroatoms. The Balaban J connectivity index is 1.49. The summed E-state index contributed by atoms with van der Waals surface area (Å²) >= 11 is 6.35. The summed E-state index contributed by atoms with van der Waals surface area (Å²) in [5.41, 5.74) is 2.17. The number of carbonyl (C=O) groups excluding carboxylic acids is 1. The van der Waals surface area contributed by atoms with Crippen molar-refractivity contribution in [3.05, 3.63) is 70.8 Å². The minimum atomic E-state index is -0.642. The first kappa shape index (κ1) is 22.2. The molecule has 0 spiro atoms. The second kappa shape index (κ2) is 10.1. The van der Waals surface area contributed by atoms with Crippen molar-refractivity contribution >= 4 is 23.2 Å². The SMILES string of the molecule is O=C(Cc1cc(-c2cncc(NCc3cc(F)cc(F)c3)n2)c(Cl)cn1)[C@@H]1CCCNC1. The summed E-state index contributed by atoms with van der Waals surface area (Å²) in [4.78, 5) is 25.6. The van der Waals surface area contributed by atoms with Gasteiger partial charge in [-0.05, 0) is 43.1 Å². The third kappa shape index (κ3) is 5.63. The fourth-order valence-electron chi connectivity index (χ4n) is 3.71. The Kier molecular flexibility index (Phi) is 7.02. The minimum absolute atomic E-state index is 0.00431. The number of nitrogens with zero attached hydrogens (tertiary/aromatic N) is 3. The van der Waals surface area contributed by atoms with Crippen molar-refractivity contribution in [2.24, 2.45) is 5.92 Å². The van der Waals surface area contributed by atoms with Gasteiger partial charge in [0.15, 0.2) is 0 Å². The molecule has 0 saturated carbocycles.